The Bertz CT molecular complexity index is 374. The van der Waals surface area contributed by atoms with Gasteiger partial charge >= 0.3 is 0 Å². The molecule has 15 heavy (non-hydrogen) atoms. The molecule has 0 atom stereocenters. The van der Waals surface area contributed by atoms with Crippen molar-refractivity contribution in [3.63, 3.8) is 0 Å². The van der Waals surface area contributed by atoms with E-state index in [4.69, 9.17) is 0 Å². The van der Waals surface area contributed by atoms with Crippen LogP contribution in [0.2, 0.25) is 0 Å². The lowest BCUT2D eigenvalue weighted by Crippen LogP contribution is -2.15. The van der Waals surface area contributed by atoms with Gasteiger partial charge in [-0.05, 0) is 24.8 Å². The highest BCUT2D eigenvalue weighted by Gasteiger charge is 2.41. The predicted molar refractivity (Wildman–Crippen MR) is 64.4 cm³/mol. The third-order valence-corrected chi connectivity index (χ3v) is 2.99. The summed E-state index contributed by atoms with van der Waals surface area (Å²) in [5.74, 6) is 0. The summed E-state index contributed by atoms with van der Waals surface area (Å²) in [6, 6.07) is 3.58. The Morgan fingerprint density at radius 3 is 2.40 bits per heavy atom. The average Bonchev–Trinajstić information content (AvgIpc) is 3.01. The van der Waals surface area contributed by atoms with Gasteiger partial charge in [0.2, 0.25) is 5.56 Å². The fraction of sp³-hybridized carbons (Fsp3) is 0.615. The van der Waals surface area contributed by atoms with Gasteiger partial charge in [-0.3, -0.25) is 4.79 Å². The van der Waals surface area contributed by atoms with E-state index in [-0.39, 0.29) is 11.0 Å². The topological polar surface area (TPSA) is 32.9 Å². The highest BCUT2D eigenvalue weighted by molar-refractivity contribution is 5.31. The van der Waals surface area contributed by atoms with Crippen LogP contribution in [-0.2, 0) is 11.8 Å². The molecule has 1 heterocycles. The van der Waals surface area contributed by atoms with E-state index in [9.17, 15) is 4.79 Å². The third kappa shape index (κ3) is 2.49. The van der Waals surface area contributed by atoms with E-state index >= 15 is 0 Å². The molecule has 0 aromatic carbocycles. The van der Waals surface area contributed by atoms with E-state index in [2.05, 4.69) is 18.8 Å². The molecule has 1 aliphatic carbocycles. The van der Waals surface area contributed by atoms with Crippen molar-refractivity contribution >= 4 is 0 Å². The summed E-state index contributed by atoms with van der Waals surface area (Å²) in [6.07, 6.45) is 3.42. The van der Waals surface area contributed by atoms with Gasteiger partial charge in [-0.1, -0.05) is 33.8 Å². The molecule has 0 radical (unpaired) electrons. The third-order valence-electron chi connectivity index (χ3n) is 2.99. The van der Waals surface area contributed by atoms with Crippen LogP contribution < -0.4 is 5.56 Å². The maximum absolute atomic E-state index is 11.2. The molecule has 0 bridgehead atoms. The second-order valence-electron chi connectivity index (χ2n) is 4.14. The van der Waals surface area contributed by atoms with Gasteiger partial charge in [0.25, 0.3) is 0 Å². The maximum Gasteiger partial charge on any atom is 0.248 e. The van der Waals surface area contributed by atoms with Gasteiger partial charge < -0.3 is 4.98 Å². The lowest BCUT2D eigenvalue weighted by atomic mass is 9.98. The second-order valence-corrected chi connectivity index (χ2v) is 4.14. The van der Waals surface area contributed by atoms with E-state index in [1.165, 1.54) is 24.1 Å². The first-order chi connectivity index (χ1) is 7.15. The van der Waals surface area contributed by atoms with E-state index in [1.54, 1.807) is 6.07 Å². The smallest absolute Gasteiger partial charge is 0.248 e. The number of H-pyrrole nitrogens is 1. The van der Waals surface area contributed by atoms with Crippen LogP contribution in [0.1, 0.15) is 51.8 Å². The second kappa shape index (κ2) is 4.65. The molecule has 2 rings (SSSR count). The molecule has 84 valence electrons. The molecule has 1 aromatic rings. The van der Waals surface area contributed by atoms with Crippen LogP contribution in [0.3, 0.4) is 0 Å². The SMILES string of the molecule is CC.CCc1ccc(=O)[nH]c1C1(C)CC1. The molecule has 0 aliphatic heterocycles. The zero-order chi connectivity index (χ0) is 11.5. The fourth-order valence-electron chi connectivity index (χ4n) is 1.78. The van der Waals surface area contributed by atoms with Gasteiger partial charge in [0, 0.05) is 17.2 Å². The molecule has 1 aliphatic rings. The van der Waals surface area contributed by atoms with Crippen molar-refractivity contribution < 1.29 is 0 Å². The minimum absolute atomic E-state index is 0.0281. The summed E-state index contributed by atoms with van der Waals surface area (Å²) in [4.78, 5) is 14.2. The molecule has 0 spiro atoms. The first-order valence-electron chi connectivity index (χ1n) is 5.88. The molecule has 2 nitrogen and oxygen atoms in total. The first kappa shape index (κ1) is 12.0. The van der Waals surface area contributed by atoms with Crippen molar-refractivity contribution in [2.45, 2.75) is 52.4 Å². The van der Waals surface area contributed by atoms with Crippen LogP contribution in [0.25, 0.3) is 0 Å². The van der Waals surface area contributed by atoms with Gasteiger partial charge in [0.15, 0.2) is 0 Å². The number of nitrogens with one attached hydrogen (secondary N) is 1. The fourth-order valence-corrected chi connectivity index (χ4v) is 1.78. The lowest BCUT2D eigenvalue weighted by Gasteiger charge is -2.12. The van der Waals surface area contributed by atoms with Gasteiger partial charge in [-0.2, -0.15) is 0 Å². The Morgan fingerprint density at radius 1 is 1.33 bits per heavy atom. The number of pyridine rings is 1. The molecule has 1 aromatic heterocycles. The highest BCUT2D eigenvalue weighted by atomic mass is 16.1. The number of hydrogen-bond donors (Lipinski definition) is 1. The summed E-state index contributed by atoms with van der Waals surface area (Å²) in [7, 11) is 0. The molecule has 1 fully saturated rings. The van der Waals surface area contributed by atoms with Crippen LogP contribution in [-0.4, -0.2) is 4.98 Å². The van der Waals surface area contributed by atoms with E-state index in [0.717, 1.165) is 6.42 Å². The number of aromatic nitrogens is 1. The Balaban J connectivity index is 0.000000531. The normalized spacial score (nSPS) is 16.5. The van der Waals surface area contributed by atoms with Crippen LogP contribution >= 0.6 is 0 Å². The first-order valence-corrected chi connectivity index (χ1v) is 5.88. The number of aryl methyl sites for hydroxylation is 1. The van der Waals surface area contributed by atoms with E-state index in [1.807, 2.05) is 19.9 Å². The van der Waals surface area contributed by atoms with Crippen LogP contribution in [0.4, 0.5) is 0 Å². The zero-order valence-corrected chi connectivity index (χ0v) is 10.2. The molecule has 1 saturated carbocycles. The molecule has 0 unspecified atom stereocenters. The maximum atomic E-state index is 11.2. The standard InChI is InChI=1S/C11H15NO.C2H6/c1-3-8-4-5-9(13)12-10(8)11(2)6-7-11;1-2/h4-5H,3,6-7H2,1-2H3,(H,12,13);1-2H3. The van der Waals surface area contributed by atoms with Gasteiger partial charge in [0.1, 0.15) is 0 Å². The van der Waals surface area contributed by atoms with Gasteiger partial charge in [0.05, 0.1) is 0 Å². The summed E-state index contributed by atoms with van der Waals surface area (Å²) in [5.41, 5.74) is 2.76. The zero-order valence-electron chi connectivity index (χ0n) is 10.2. The minimum atomic E-state index is 0.0281. The Labute approximate surface area is 91.7 Å². The quantitative estimate of drug-likeness (QED) is 0.794. The predicted octanol–water partition coefficient (Wildman–Crippen LogP) is 3.02. The molecule has 0 amide bonds. The van der Waals surface area contributed by atoms with Crippen LogP contribution in [0.5, 0.6) is 0 Å². The number of rotatable bonds is 2. The van der Waals surface area contributed by atoms with Crippen molar-refractivity contribution in [1.29, 1.82) is 0 Å². The van der Waals surface area contributed by atoms with Crippen molar-refractivity contribution in [1.82, 2.24) is 4.98 Å². The molecule has 2 heteroatoms. The Morgan fingerprint density at radius 2 is 1.93 bits per heavy atom. The Hall–Kier alpha value is -1.05. The highest BCUT2D eigenvalue weighted by Crippen LogP contribution is 2.47. The molecule has 1 N–H and O–H groups in total. The van der Waals surface area contributed by atoms with E-state index < -0.39 is 0 Å². The van der Waals surface area contributed by atoms with Crippen molar-refractivity contribution in [2.75, 3.05) is 0 Å². The van der Waals surface area contributed by atoms with Gasteiger partial charge in [-0.15, -0.1) is 0 Å². The van der Waals surface area contributed by atoms with Crippen molar-refractivity contribution in [2.24, 2.45) is 0 Å². The summed E-state index contributed by atoms with van der Waals surface area (Å²) < 4.78 is 0. The molecular formula is C13H21NO. The summed E-state index contributed by atoms with van der Waals surface area (Å²) >= 11 is 0. The summed E-state index contributed by atoms with van der Waals surface area (Å²) in [6.45, 7) is 8.35. The largest absolute Gasteiger partial charge is 0.325 e. The average molecular weight is 207 g/mol. The van der Waals surface area contributed by atoms with Gasteiger partial charge in [-0.25, -0.2) is 0 Å². The minimum Gasteiger partial charge on any atom is -0.325 e. The lowest BCUT2D eigenvalue weighted by molar-refractivity contribution is 0.727. The number of aromatic amines is 1. The van der Waals surface area contributed by atoms with Crippen molar-refractivity contribution in [3.05, 3.63) is 33.7 Å². The molecule has 0 saturated heterocycles. The van der Waals surface area contributed by atoms with E-state index in [0.29, 0.717) is 0 Å². The molecular weight excluding hydrogens is 186 g/mol. The number of hydrogen-bond acceptors (Lipinski definition) is 1. The van der Waals surface area contributed by atoms with Crippen LogP contribution in [0.15, 0.2) is 16.9 Å². The van der Waals surface area contributed by atoms with Crippen LogP contribution in [0, 0.1) is 0 Å². The van der Waals surface area contributed by atoms with Crippen molar-refractivity contribution in [3.8, 4) is 0 Å². The summed E-state index contributed by atoms with van der Waals surface area (Å²) in [5, 5.41) is 0. The monoisotopic (exact) mass is 207 g/mol. The Kier molecular flexibility index (Phi) is 3.72.